The first kappa shape index (κ1) is 11.7. The molecule has 0 heterocycles. The number of benzene rings is 2. The molecule has 0 fully saturated rings. The third-order valence-corrected chi connectivity index (χ3v) is 3.06. The zero-order valence-corrected chi connectivity index (χ0v) is 10.7. The molecule has 17 heavy (non-hydrogen) atoms. The van der Waals surface area contributed by atoms with Gasteiger partial charge in [-0.25, -0.2) is 0 Å². The summed E-state index contributed by atoms with van der Waals surface area (Å²) in [5.74, 6) is 0. The maximum atomic E-state index is 2.20. The van der Waals surface area contributed by atoms with E-state index in [1.807, 2.05) is 0 Å². The fourth-order valence-corrected chi connectivity index (χ4v) is 1.95. The standard InChI is InChI=1S/C17H18/c1-13-7-9-16(10-8-13)11-12-17-14(2)5-4-6-15(17)3/h4-12H,1-3H3. The molecule has 86 valence electrons. The maximum absolute atomic E-state index is 2.20. The van der Waals surface area contributed by atoms with Gasteiger partial charge in [0.05, 0.1) is 0 Å². The summed E-state index contributed by atoms with van der Waals surface area (Å²) in [5, 5.41) is 0. The van der Waals surface area contributed by atoms with Crippen molar-refractivity contribution in [3.63, 3.8) is 0 Å². The normalized spacial score (nSPS) is 11.0. The van der Waals surface area contributed by atoms with Crippen LogP contribution in [-0.2, 0) is 0 Å². The Hall–Kier alpha value is -1.82. The van der Waals surface area contributed by atoms with Crippen LogP contribution in [0.3, 0.4) is 0 Å². The zero-order chi connectivity index (χ0) is 12.3. The lowest BCUT2D eigenvalue weighted by molar-refractivity contribution is 1.36. The summed E-state index contributed by atoms with van der Waals surface area (Å²) in [4.78, 5) is 0. The molecule has 0 N–H and O–H groups in total. The molecule has 2 rings (SSSR count). The van der Waals surface area contributed by atoms with E-state index in [0.29, 0.717) is 0 Å². The fraction of sp³-hybridized carbons (Fsp3) is 0.176. The quantitative estimate of drug-likeness (QED) is 0.641. The third-order valence-electron chi connectivity index (χ3n) is 3.06. The van der Waals surface area contributed by atoms with Crippen LogP contribution in [0, 0.1) is 20.8 Å². The number of aryl methyl sites for hydroxylation is 3. The van der Waals surface area contributed by atoms with Crippen LogP contribution >= 0.6 is 0 Å². The summed E-state index contributed by atoms with van der Waals surface area (Å²) in [7, 11) is 0. The van der Waals surface area contributed by atoms with Crippen LogP contribution in [0.15, 0.2) is 42.5 Å². The molecule has 0 aromatic heterocycles. The van der Waals surface area contributed by atoms with Crippen LogP contribution in [0.2, 0.25) is 0 Å². The second kappa shape index (κ2) is 5.01. The van der Waals surface area contributed by atoms with Gasteiger partial charge in [0.25, 0.3) is 0 Å². The lowest BCUT2D eigenvalue weighted by Gasteiger charge is -2.04. The minimum atomic E-state index is 1.25. The highest BCUT2D eigenvalue weighted by atomic mass is 14.0. The molecule has 0 bridgehead atoms. The van der Waals surface area contributed by atoms with Crippen molar-refractivity contribution in [1.29, 1.82) is 0 Å². The van der Waals surface area contributed by atoms with E-state index in [0.717, 1.165) is 0 Å². The number of hydrogen-bond donors (Lipinski definition) is 0. The van der Waals surface area contributed by atoms with Gasteiger partial charge in [0.1, 0.15) is 0 Å². The summed E-state index contributed by atoms with van der Waals surface area (Å²) in [6.07, 6.45) is 4.38. The fourth-order valence-electron chi connectivity index (χ4n) is 1.95. The van der Waals surface area contributed by atoms with Gasteiger partial charge in [-0.2, -0.15) is 0 Å². The van der Waals surface area contributed by atoms with Crippen LogP contribution in [0.5, 0.6) is 0 Å². The Kier molecular flexibility index (Phi) is 3.43. The molecular weight excluding hydrogens is 204 g/mol. The van der Waals surface area contributed by atoms with Crippen molar-refractivity contribution < 1.29 is 0 Å². The molecule has 0 radical (unpaired) electrons. The lowest BCUT2D eigenvalue weighted by Crippen LogP contribution is -1.84. The van der Waals surface area contributed by atoms with Gasteiger partial charge in [-0.3, -0.25) is 0 Å². The van der Waals surface area contributed by atoms with Crippen LogP contribution in [-0.4, -0.2) is 0 Å². The van der Waals surface area contributed by atoms with Gasteiger partial charge in [0.2, 0.25) is 0 Å². The first-order valence-electron chi connectivity index (χ1n) is 5.98. The van der Waals surface area contributed by atoms with Gasteiger partial charge < -0.3 is 0 Å². The largest absolute Gasteiger partial charge is 0.0617 e. The highest BCUT2D eigenvalue weighted by molar-refractivity contribution is 5.72. The highest BCUT2D eigenvalue weighted by Gasteiger charge is 1.97. The van der Waals surface area contributed by atoms with Gasteiger partial charge in [0, 0.05) is 0 Å². The van der Waals surface area contributed by atoms with Crippen molar-refractivity contribution in [2.24, 2.45) is 0 Å². The second-order valence-corrected chi connectivity index (χ2v) is 4.55. The minimum Gasteiger partial charge on any atom is -0.0617 e. The Morgan fingerprint density at radius 1 is 0.706 bits per heavy atom. The third kappa shape index (κ3) is 2.85. The molecule has 0 nitrogen and oxygen atoms in total. The Morgan fingerprint density at radius 2 is 1.29 bits per heavy atom. The smallest absolute Gasteiger partial charge is 0.0198 e. The van der Waals surface area contributed by atoms with E-state index in [9.17, 15) is 0 Å². The van der Waals surface area contributed by atoms with Gasteiger partial charge in [-0.15, -0.1) is 0 Å². The molecule has 0 atom stereocenters. The summed E-state index contributed by atoms with van der Waals surface area (Å²) in [5.41, 5.74) is 6.53. The predicted octanol–water partition coefficient (Wildman–Crippen LogP) is 4.78. The molecule has 0 heteroatoms. The number of rotatable bonds is 2. The van der Waals surface area contributed by atoms with E-state index in [1.165, 1.54) is 27.8 Å². The van der Waals surface area contributed by atoms with Crippen LogP contribution in [0.4, 0.5) is 0 Å². The second-order valence-electron chi connectivity index (χ2n) is 4.55. The molecule has 0 aliphatic rings. The van der Waals surface area contributed by atoms with Crippen LogP contribution in [0.1, 0.15) is 27.8 Å². The maximum Gasteiger partial charge on any atom is -0.0198 e. The first-order chi connectivity index (χ1) is 8.16. The average molecular weight is 222 g/mol. The highest BCUT2D eigenvalue weighted by Crippen LogP contribution is 2.17. The predicted molar refractivity (Wildman–Crippen MR) is 76.0 cm³/mol. The van der Waals surface area contributed by atoms with Crippen LogP contribution < -0.4 is 0 Å². The van der Waals surface area contributed by atoms with Crippen LogP contribution in [0.25, 0.3) is 12.2 Å². The zero-order valence-electron chi connectivity index (χ0n) is 10.7. The molecule has 0 saturated carbocycles. The molecule has 0 aliphatic carbocycles. The molecule has 0 amide bonds. The van der Waals surface area contributed by atoms with Crippen molar-refractivity contribution >= 4 is 12.2 Å². The molecule has 0 saturated heterocycles. The summed E-state index contributed by atoms with van der Waals surface area (Å²) in [6, 6.07) is 15.0. The van der Waals surface area contributed by atoms with Crippen molar-refractivity contribution in [3.05, 3.63) is 70.3 Å². The van der Waals surface area contributed by atoms with E-state index in [4.69, 9.17) is 0 Å². The minimum absolute atomic E-state index is 1.25. The molecular formula is C17H18. The Bertz CT molecular complexity index is 510. The lowest BCUT2D eigenvalue weighted by atomic mass is 10.0. The van der Waals surface area contributed by atoms with Crippen molar-refractivity contribution in [1.82, 2.24) is 0 Å². The van der Waals surface area contributed by atoms with E-state index >= 15 is 0 Å². The van der Waals surface area contributed by atoms with Gasteiger partial charge in [-0.05, 0) is 43.0 Å². The van der Waals surface area contributed by atoms with E-state index in [1.54, 1.807) is 0 Å². The summed E-state index contributed by atoms with van der Waals surface area (Å²) in [6.45, 7) is 6.42. The molecule has 0 unspecified atom stereocenters. The molecule has 2 aromatic carbocycles. The van der Waals surface area contributed by atoms with E-state index < -0.39 is 0 Å². The first-order valence-corrected chi connectivity index (χ1v) is 5.98. The Morgan fingerprint density at radius 3 is 1.88 bits per heavy atom. The van der Waals surface area contributed by atoms with E-state index in [2.05, 4.69) is 75.4 Å². The van der Waals surface area contributed by atoms with Crippen molar-refractivity contribution in [2.75, 3.05) is 0 Å². The number of hydrogen-bond acceptors (Lipinski definition) is 0. The van der Waals surface area contributed by atoms with E-state index in [-0.39, 0.29) is 0 Å². The molecule has 0 spiro atoms. The topological polar surface area (TPSA) is 0 Å². The Labute approximate surface area is 104 Å². The molecule has 2 aromatic rings. The van der Waals surface area contributed by atoms with Gasteiger partial charge >= 0.3 is 0 Å². The Balaban J connectivity index is 2.29. The van der Waals surface area contributed by atoms with Crippen molar-refractivity contribution in [2.45, 2.75) is 20.8 Å². The summed E-state index contributed by atoms with van der Waals surface area (Å²) < 4.78 is 0. The van der Waals surface area contributed by atoms with Gasteiger partial charge in [-0.1, -0.05) is 60.2 Å². The average Bonchev–Trinajstić information content (AvgIpc) is 2.31. The SMILES string of the molecule is Cc1ccc(C=Cc2c(C)cccc2C)cc1. The summed E-state index contributed by atoms with van der Waals surface area (Å²) >= 11 is 0. The monoisotopic (exact) mass is 222 g/mol. The molecule has 0 aliphatic heterocycles. The van der Waals surface area contributed by atoms with Gasteiger partial charge in [0.15, 0.2) is 0 Å². The van der Waals surface area contributed by atoms with Crippen molar-refractivity contribution in [3.8, 4) is 0 Å².